The van der Waals surface area contributed by atoms with Gasteiger partial charge in [0.15, 0.2) is 5.78 Å². The van der Waals surface area contributed by atoms with E-state index in [1.54, 1.807) is 16.8 Å². The third-order valence-electron chi connectivity index (χ3n) is 2.91. The predicted octanol–water partition coefficient (Wildman–Crippen LogP) is 3.26. The molecule has 100 valence electrons. The topological polar surface area (TPSA) is 60.9 Å². The number of nitrogens with two attached hydrogens (primary N) is 1. The van der Waals surface area contributed by atoms with Gasteiger partial charge in [-0.05, 0) is 41.1 Å². The molecule has 0 saturated carbocycles. The molecule has 4 nitrogen and oxygen atoms in total. The third-order valence-corrected chi connectivity index (χ3v) is 4.43. The summed E-state index contributed by atoms with van der Waals surface area (Å²) >= 11 is 6.81. The molecule has 1 aromatic heterocycles. The van der Waals surface area contributed by atoms with Crippen molar-refractivity contribution in [1.29, 1.82) is 0 Å². The van der Waals surface area contributed by atoms with Crippen molar-refractivity contribution in [1.82, 2.24) is 9.78 Å². The molecule has 0 unspecified atom stereocenters. The van der Waals surface area contributed by atoms with Gasteiger partial charge in [-0.1, -0.05) is 15.9 Å². The van der Waals surface area contributed by atoms with E-state index in [1.165, 1.54) is 0 Å². The molecule has 19 heavy (non-hydrogen) atoms. The monoisotopic (exact) mass is 385 g/mol. The Morgan fingerprint density at radius 3 is 2.68 bits per heavy atom. The number of anilines is 1. The molecule has 2 N–H and O–H groups in total. The van der Waals surface area contributed by atoms with Gasteiger partial charge in [-0.2, -0.15) is 5.10 Å². The van der Waals surface area contributed by atoms with E-state index in [9.17, 15) is 4.79 Å². The van der Waals surface area contributed by atoms with Crippen LogP contribution in [0.3, 0.4) is 0 Å². The second-order valence-electron chi connectivity index (χ2n) is 4.30. The Labute approximate surface area is 128 Å². The fraction of sp³-hybridized carbons (Fsp3) is 0.231. The average Bonchev–Trinajstić information content (AvgIpc) is 2.59. The molecule has 1 heterocycles. The molecule has 2 aromatic rings. The SMILES string of the molecule is Cc1nn(C)c(CC(=O)c2cc(Br)ccc2N)c1Br. The second kappa shape index (κ2) is 5.46. The number of aromatic nitrogens is 2. The minimum absolute atomic E-state index is 0.0255. The highest BCUT2D eigenvalue weighted by atomic mass is 79.9. The van der Waals surface area contributed by atoms with Crippen molar-refractivity contribution in [2.75, 3.05) is 5.73 Å². The first-order valence-corrected chi connectivity index (χ1v) is 7.25. The van der Waals surface area contributed by atoms with Gasteiger partial charge in [-0.15, -0.1) is 0 Å². The zero-order valence-corrected chi connectivity index (χ0v) is 13.7. The average molecular weight is 387 g/mol. The fourth-order valence-corrected chi connectivity index (χ4v) is 2.73. The van der Waals surface area contributed by atoms with Gasteiger partial charge in [0.25, 0.3) is 0 Å². The zero-order valence-electron chi connectivity index (χ0n) is 10.6. The highest BCUT2D eigenvalue weighted by Gasteiger charge is 2.17. The van der Waals surface area contributed by atoms with Crippen molar-refractivity contribution in [3.05, 3.63) is 44.1 Å². The van der Waals surface area contributed by atoms with Crippen molar-refractivity contribution in [2.24, 2.45) is 7.05 Å². The number of aryl methyl sites for hydroxylation is 2. The molecule has 0 amide bonds. The first-order chi connectivity index (χ1) is 8.90. The van der Waals surface area contributed by atoms with Crippen LogP contribution in [-0.4, -0.2) is 15.6 Å². The maximum atomic E-state index is 12.3. The Kier molecular flexibility index (Phi) is 4.10. The summed E-state index contributed by atoms with van der Waals surface area (Å²) < 4.78 is 3.42. The minimum atomic E-state index is -0.0255. The van der Waals surface area contributed by atoms with Crippen molar-refractivity contribution < 1.29 is 4.79 Å². The molecular formula is C13H13Br2N3O. The third kappa shape index (κ3) is 2.90. The molecule has 1 aromatic carbocycles. The van der Waals surface area contributed by atoms with Crippen LogP contribution in [0, 0.1) is 6.92 Å². The molecule has 0 bridgehead atoms. The molecular weight excluding hydrogens is 374 g/mol. The molecule has 6 heteroatoms. The van der Waals surface area contributed by atoms with E-state index in [-0.39, 0.29) is 12.2 Å². The lowest BCUT2D eigenvalue weighted by atomic mass is 10.0. The van der Waals surface area contributed by atoms with E-state index < -0.39 is 0 Å². The van der Waals surface area contributed by atoms with Crippen LogP contribution >= 0.6 is 31.9 Å². The summed E-state index contributed by atoms with van der Waals surface area (Å²) in [7, 11) is 1.82. The lowest BCUT2D eigenvalue weighted by molar-refractivity contribution is 0.0991. The first-order valence-electron chi connectivity index (χ1n) is 5.66. The van der Waals surface area contributed by atoms with E-state index in [0.717, 1.165) is 20.3 Å². The Hall–Kier alpha value is -1.14. The van der Waals surface area contributed by atoms with Crippen molar-refractivity contribution in [3.8, 4) is 0 Å². The number of halogens is 2. The van der Waals surface area contributed by atoms with Crippen LogP contribution in [0.5, 0.6) is 0 Å². The summed E-state index contributed by atoms with van der Waals surface area (Å²) in [5, 5.41) is 4.27. The molecule has 2 rings (SSSR count). The summed E-state index contributed by atoms with van der Waals surface area (Å²) in [6.45, 7) is 1.89. The van der Waals surface area contributed by atoms with Gasteiger partial charge in [0.1, 0.15) is 0 Å². The Morgan fingerprint density at radius 2 is 2.11 bits per heavy atom. The summed E-state index contributed by atoms with van der Waals surface area (Å²) in [6, 6.07) is 5.28. The van der Waals surface area contributed by atoms with E-state index in [1.807, 2.05) is 20.0 Å². The number of carbonyl (C=O) groups is 1. The standard InChI is InChI=1S/C13H13Br2N3O/c1-7-13(15)11(18(2)17-7)6-12(19)9-5-8(14)3-4-10(9)16/h3-5H,6,16H2,1-2H3. The molecule has 0 atom stereocenters. The number of nitrogens with zero attached hydrogens (tertiary/aromatic N) is 2. The van der Waals surface area contributed by atoms with Gasteiger partial charge in [0.05, 0.1) is 22.3 Å². The fourth-order valence-electron chi connectivity index (χ4n) is 1.89. The smallest absolute Gasteiger partial charge is 0.170 e. The van der Waals surface area contributed by atoms with Crippen molar-refractivity contribution in [2.45, 2.75) is 13.3 Å². The minimum Gasteiger partial charge on any atom is -0.398 e. The number of ketones is 1. The summed E-state index contributed by atoms with van der Waals surface area (Å²) in [6.07, 6.45) is 0.262. The lowest BCUT2D eigenvalue weighted by Crippen LogP contribution is -2.10. The molecule has 0 fully saturated rings. The number of carbonyl (C=O) groups excluding carboxylic acids is 1. The second-order valence-corrected chi connectivity index (χ2v) is 6.01. The van der Waals surface area contributed by atoms with Crippen molar-refractivity contribution in [3.63, 3.8) is 0 Å². The maximum Gasteiger partial charge on any atom is 0.170 e. The van der Waals surface area contributed by atoms with Crippen LogP contribution in [-0.2, 0) is 13.5 Å². The Morgan fingerprint density at radius 1 is 1.42 bits per heavy atom. The zero-order chi connectivity index (χ0) is 14.2. The van der Waals surface area contributed by atoms with Crippen LogP contribution in [0.1, 0.15) is 21.7 Å². The quantitative estimate of drug-likeness (QED) is 0.650. The number of Topliss-reactive ketones (excluding diaryl/α,β-unsaturated/α-hetero) is 1. The first kappa shape index (κ1) is 14.3. The predicted molar refractivity (Wildman–Crippen MR) is 82.2 cm³/mol. The summed E-state index contributed by atoms with van der Waals surface area (Å²) in [5.74, 6) is -0.0255. The Bertz CT molecular complexity index is 650. The summed E-state index contributed by atoms with van der Waals surface area (Å²) in [4.78, 5) is 12.3. The van der Waals surface area contributed by atoms with E-state index in [0.29, 0.717) is 11.3 Å². The van der Waals surface area contributed by atoms with Crippen LogP contribution in [0.2, 0.25) is 0 Å². The summed E-state index contributed by atoms with van der Waals surface area (Å²) in [5.41, 5.74) is 8.58. The van der Waals surface area contributed by atoms with Crippen molar-refractivity contribution >= 4 is 43.3 Å². The van der Waals surface area contributed by atoms with Gasteiger partial charge >= 0.3 is 0 Å². The largest absolute Gasteiger partial charge is 0.398 e. The van der Waals surface area contributed by atoms with Crippen LogP contribution in [0.25, 0.3) is 0 Å². The van der Waals surface area contributed by atoms with Crippen LogP contribution < -0.4 is 5.73 Å². The van der Waals surface area contributed by atoms with Gasteiger partial charge in [0.2, 0.25) is 0 Å². The molecule has 0 saturated heterocycles. The molecule has 0 spiro atoms. The number of hydrogen-bond acceptors (Lipinski definition) is 3. The van der Waals surface area contributed by atoms with E-state index >= 15 is 0 Å². The van der Waals surface area contributed by atoms with Crippen LogP contribution in [0.4, 0.5) is 5.69 Å². The molecule has 0 aliphatic heterocycles. The highest BCUT2D eigenvalue weighted by molar-refractivity contribution is 9.10. The molecule has 0 aliphatic carbocycles. The Balaban J connectivity index is 2.33. The maximum absolute atomic E-state index is 12.3. The van der Waals surface area contributed by atoms with E-state index in [4.69, 9.17) is 5.73 Å². The van der Waals surface area contributed by atoms with Gasteiger partial charge in [-0.3, -0.25) is 9.48 Å². The normalized spacial score (nSPS) is 10.7. The van der Waals surface area contributed by atoms with E-state index in [2.05, 4.69) is 37.0 Å². The van der Waals surface area contributed by atoms with Gasteiger partial charge in [0, 0.05) is 22.8 Å². The molecule has 0 radical (unpaired) electrons. The van der Waals surface area contributed by atoms with Gasteiger partial charge < -0.3 is 5.73 Å². The highest BCUT2D eigenvalue weighted by Crippen LogP contribution is 2.24. The molecule has 0 aliphatic rings. The van der Waals surface area contributed by atoms with Gasteiger partial charge in [-0.25, -0.2) is 0 Å². The number of hydrogen-bond donors (Lipinski definition) is 1. The lowest BCUT2D eigenvalue weighted by Gasteiger charge is -2.06. The van der Waals surface area contributed by atoms with Crippen LogP contribution in [0.15, 0.2) is 27.1 Å². The number of rotatable bonds is 3. The number of nitrogen functional groups attached to an aromatic ring is 1. The number of benzene rings is 1.